The highest BCUT2D eigenvalue weighted by molar-refractivity contribution is 5.85. The first kappa shape index (κ1) is 10.1. The van der Waals surface area contributed by atoms with Crippen LogP contribution in [0.25, 0.3) is 10.8 Å². The van der Waals surface area contributed by atoms with E-state index >= 15 is 0 Å². The number of rotatable bonds is 2. The molecule has 1 radical (unpaired) electrons. The second-order valence-electron chi connectivity index (χ2n) is 4.20. The van der Waals surface area contributed by atoms with E-state index in [9.17, 15) is 0 Å². The lowest BCUT2D eigenvalue weighted by Gasteiger charge is -2.06. The van der Waals surface area contributed by atoms with Gasteiger partial charge in [-0.25, -0.2) is 0 Å². The van der Waals surface area contributed by atoms with Crippen molar-refractivity contribution in [1.29, 1.82) is 0 Å². The average molecular weight is 217 g/mol. The topological polar surface area (TPSA) is 0 Å². The van der Waals surface area contributed by atoms with Crippen LogP contribution in [0.4, 0.5) is 0 Å². The maximum absolute atomic E-state index is 3.28. The summed E-state index contributed by atoms with van der Waals surface area (Å²) in [4.78, 5) is 0. The molecule has 0 amide bonds. The van der Waals surface area contributed by atoms with Gasteiger partial charge in [0.05, 0.1) is 0 Å². The van der Waals surface area contributed by atoms with Crippen LogP contribution in [0, 0.1) is 6.07 Å². The minimum absolute atomic E-state index is 0.947. The van der Waals surface area contributed by atoms with Gasteiger partial charge in [-0.05, 0) is 34.4 Å². The molecule has 0 aromatic heterocycles. The van der Waals surface area contributed by atoms with Crippen LogP contribution in [0.1, 0.15) is 11.1 Å². The van der Waals surface area contributed by atoms with Gasteiger partial charge in [0.2, 0.25) is 0 Å². The van der Waals surface area contributed by atoms with Crippen LogP contribution in [0.15, 0.2) is 66.7 Å². The highest BCUT2D eigenvalue weighted by Gasteiger charge is 2.01. The normalized spacial score (nSPS) is 10.6. The lowest BCUT2D eigenvalue weighted by molar-refractivity contribution is 1.21. The molecule has 0 saturated carbocycles. The van der Waals surface area contributed by atoms with Crippen molar-refractivity contribution >= 4 is 10.8 Å². The zero-order chi connectivity index (χ0) is 11.5. The third-order valence-electron chi connectivity index (χ3n) is 3.03. The van der Waals surface area contributed by atoms with Gasteiger partial charge < -0.3 is 0 Å². The van der Waals surface area contributed by atoms with Crippen molar-refractivity contribution in [2.75, 3.05) is 0 Å². The summed E-state index contributed by atoms with van der Waals surface area (Å²) in [5, 5.41) is 2.65. The summed E-state index contributed by atoms with van der Waals surface area (Å²) in [5.41, 5.74) is 2.61. The summed E-state index contributed by atoms with van der Waals surface area (Å²) < 4.78 is 0. The van der Waals surface area contributed by atoms with Crippen molar-refractivity contribution < 1.29 is 0 Å². The van der Waals surface area contributed by atoms with E-state index in [4.69, 9.17) is 0 Å². The van der Waals surface area contributed by atoms with Crippen LogP contribution in [-0.4, -0.2) is 0 Å². The summed E-state index contributed by atoms with van der Waals surface area (Å²) in [6, 6.07) is 26.5. The minimum Gasteiger partial charge on any atom is -0.0619 e. The molecule has 0 aliphatic rings. The van der Waals surface area contributed by atoms with Crippen molar-refractivity contribution in [3.8, 4) is 0 Å². The van der Waals surface area contributed by atoms with Crippen LogP contribution >= 0.6 is 0 Å². The summed E-state index contributed by atoms with van der Waals surface area (Å²) in [7, 11) is 0. The number of fused-ring (bicyclic) bond motifs is 1. The Labute approximate surface area is 102 Å². The van der Waals surface area contributed by atoms with E-state index in [0.717, 1.165) is 6.42 Å². The van der Waals surface area contributed by atoms with Crippen LogP contribution in [0.5, 0.6) is 0 Å². The molecule has 0 atom stereocenters. The van der Waals surface area contributed by atoms with Crippen molar-refractivity contribution in [1.82, 2.24) is 0 Å². The molecule has 3 rings (SSSR count). The van der Waals surface area contributed by atoms with Crippen LogP contribution in [0.3, 0.4) is 0 Å². The van der Waals surface area contributed by atoms with Gasteiger partial charge in [-0.1, -0.05) is 66.7 Å². The highest BCUT2D eigenvalue weighted by Crippen LogP contribution is 2.20. The second kappa shape index (κ2) is 4.42. The number of benzene rings is 3. The van der Waals surface area contributed by atoms with Crippen LogP contribution < -0.4 is 0 Å². The molecule has 0 bridgehead atoms. The van der Waals surface area contributed by atoms with E-state index in [1.807, 2.05) is 12.1 Å². The molecule has 0 nitrogen and oxygen atoms in total. The maximum Gasteiger partial charge on any atom is -0.00135 e. The molecule has 17 heavy (non-hydrogen) atoms. The van der Waals surface area contributed by atoms with Crippen LogP contribution in [0.2, 0.25) is 0 Å². The van der Waals surface area contributed by atoms with Crippen molar-refractivity contribution in [3.05, 3.63) is 83.9 Å². The summed E-state index contributed by atoms with van der Waals surface area (Å²) >= 11 is 0. The van der Waals surface area contributed by atoms with E-state index < -0.39 is 0 Å². The first-order valence-electron chi connectivity index (χ1n) is 5.86. The number of hydrogen-bond donors (Lipinski definition) is 0. The van der Waals surface area contributed by atoms with Crippen LogP contribution in [-0.2, 0) is 6.42 Å². The molecule has 0 N–H and O–H groups in total. The van der Waals surface area contributed by atoms with Gasteiger partial charge in [0, 0.05) is 0 Å². The Bertz CT molecular complexity index is 618. The molecule has 0 aliphatic heterocycles. The van der Waals surface area contributed by atoms with E-state index in [1.54, 1.807) is 0 Å². The smallest absolute Gasteiger partial charge is 0.00135 e. The van der Waals surface area contributed by atoms with Gasteiger partial charge >= 0.3 is 0 Å². The third kappa shape index (κ3) is 2.07. The highest BCUT2D eigenvalue weighted by atomic mass is 14.0. The minimum atomic E-state index is 0.947. The van der Waals surface area contributed by atoms with Gasteiger partial charge in [-0.15, -0.1) is 0 Å². The van der Waals surface area contributed by atoms with Crippen molar-refractivity contribution in [2.24, 2.45) is 0 Å². The first-order chi connectivity index (χ1) is 8.43. The Kier molecular flexibility index (Phi) is 2.63. The molecule has 3 aromatic carbocycles. The van der Waals surface area contributed by atoms with Gasteiger partial charge in [0.1, 0.15) is 0 Å². The SMILES string of the molecule is [c]1ccccc1Cc1cccc2ccccc12. The summed E-state index contributed by atoms with van der Waals surface area (Å²) in [6.45, 7) is 0. The standard InChI is InChI=1S/C17H13/c1-2-7-14(8-3-1)13-16-11-6-10-15-9-4-5-12-17(15)16/h1-7,9-12H,13H2. The second-order valence-corrected chi connectivity index (χ2v) is 4.20. The summed E-state index contributed by atoms with van der Waals surface area (Å²) in [5.74, 6) is 0. The Morgan fingerprint density at radius 1 is 0.765 bits per heavy atom. The van der Waals surface area contributed by atoms with E-state index in [1.165, 1.54) is 21.9 Å². The molecule has 81 valence electrons. The lowest BCUT2D eigenvalue weighted by Crippen LogP contribution is -1.89. The lowest BCUT2D eigenvalue weighted by atomic mass is 9.99. The molecular formula is C17H13. The first-order valence-corrected chi connectivity index (χ1v) is 5.86. The quantitative estimate of drug-likeness (QED) is 0.602. The Morgan fingerprint density at radius 3 is 2.47 bits per heavy atom. The molecule has 0 heterocycles. The zero-order valence-electron chi connectivity index (χ0n) is 9.56. The Hall–Kier alpha value is -2.08. The molecule has 0 aliphatic carbocycles. The van der Waals surface area contributed by atoms with Crippen molar-refractivity contribution in [3.63, 3.8) is 0 Å². The average Bonchev–Trinajstić information content (AvgIpc) is 2.40. The third-order valence-corrected chi connectivity index (χ3v) is 3.03. The van der Waals surface area contributed by atoms with E-state index in [-0.39, 0.29) is 0 Å². The fourth-order valence-electron chi connectivity index (χ4n) is 2.19. The fraction of sp³-hybridized carbons (Fsp3) is 0.0588. The van der Waals surface area contributed by atoms with Gasteiger partial charge in [-0.2, -0.15) is 0 Å². The van der Waals surface area contributed by atoms with Gasteiger partial charge in [0.15, 0.2) is 0 Å². The number of hydrogen-bond acceptors (Lipinski definition) is 0. The largest absolute Gasteiger partial charge is 0.0619 e. The van der Waals surface area contributed by atoms with E-state index in [0.29, 0.717) is 0 Å². The fourth-order valence-corrected chi connectivity index (χ4v) is 2.19. The maximum atomic E-state index is 3.28. The van der Waals surface area contributed by atoms with Crippen molar-refractivity contribution in [2.45, 2.75) is 6.42 Å². The molecule has 3 aromatic rings. The molecule has 0 heteroatoms. The molecule has 0 saturated heterocycles. The molecule has 0 spiro atoms. The summed E-state index contributed by atoms with van der Waals surface area (Å²) in [6.07, 6.45) is 0.947. The Morgan fingerprint density at radius 2 is 1.59 bits per heavy atom. The molecule has 0 fully saturated rings. The zero-order valence-corrected chi connectivity index (χ0v) is 9.56. The van der Waals surface area contributed by atoms with Gasteiger partial charge in [-0.3, -0.25) is 0 Å². The van der Waals surface area contributed by atoms with Gasteiger partial charge in [0.25, 0.3) is 0 Å². The van der Waals surface area contributed by atoms with E-state index in [2.05, 4.69) is 60.7 Å². The predicted octanol–water partition coefficient (Wildman–Crippen LogP) is 4.23. The monoisotopic (exact) mass is 217 g/mol. The molecule has 0 unspecified atom stereocenters. The predicted molar refractivity (Wildman–Crippen MR) is 72.0 cm³/mol. The molecular weight excluding hydrogens is 204 g/mol. The Balaban J connectivity index is 2.06.